The van der Waals surface area contributed by atoms with E-state index in [2.05, 4.69) is 18.2 Å². The van der Waals surface area contributed by atoms with Crippen molar-refractivity contribution < 1.29 is 9.59 Å². The van der Waals surface area contributed by atoms with Gasteiger partial charge < -0.3 is 9.80 Å². The molecule has 0 atom stereocenters. The summed E-state index contributed by atoms with van der Waals surface area (Å²) < 4.78 is 0. The van der Waals surface area contributed by atoms with E-state index in [4.69, 9.17) is 4.98 Å². The van der Waals surface area contributed by atoms with Gasteiger partial charge in [-0.2, -0.15) is 0 Å². The van der Waals surface area contributed by atoms with Crippen LogP contribution in [0.25, 0.3) is 22.6 Å². The standard InChI is InChI=1S/C27H27N3O2/c1-2-24(31)29-14-16-30(17-15-29)27(32)25-21-10-6-7-11-23(21)28-26-20(12-13-22(25)26)18-19-8-4-3-5-9-19/h3-11,18H,2,12-17H2,1H3/b20-18-. The van der Waals surface area contributed by atoms with Gasteiger partial charge in [-0.15, -0.1) is 0 Å². The second kappa shape index (κ2) is 8.58. The van der Waals surface area contributed by atoms with Gasteiger partial charge in [0.15, 0.2) is 0 Å². The Morgan fingerprint density at radius 2 is 1.59 bits per heavy atom. The molecule has 0 spiro atoms. The minimum Gasteiger partial charge on any atom is -0.339 e. The van der Waals surface area contributed by atoms with Gasteiger partial charge in [0.05, 0.1) is 16.8 Å². The van der Waals surface area contributed by atoms with Crippen LogP contribution in [0.4, 0.5) is 0 Å². The highest BCUT2D eigenvalue weighted by atomic mass is 16.2. The molecule has 3 aromatic rings. The van der Waals surface area contributed by atoms with Crippen LogP contribution in [0, 0.1) is 0 Å². The number of hydrogen-bond acceptors (Lipinski definition) is 3. The lowest BCUT2D eigenvalue weighted by molar-refractivity contribution is -0.132. The van der Waals surface area contributed by atoms with E-state index in [1.165, 1.54) is 5.57 Å². The van der Waals surface area contributed by atoms with E-state index in [1.807, 2.05) is 59.2 Å². The molecule has 2 aromatic carbocycles. The zero-order valence-corrected chi connectivity index (χ0v) is 18.4. The first-order chi connectivity index (χ1) is 15.7. The number of fused-ring (bicyclic) bond motifs is 2. The number of hydrogen-bond donors (Lipinski definition) is 0. The summed E-state index contributed by atoms with van der Waals surface area (Å²) in [6.45, 7) is 4.23. The summed E-state index contributed by atoms with van der Waals surface area (Å²) in [6.07, 6.45) is 4.40. The molecule has 0 saturated carbocycles. The van der Waals surface area contributed by atoms with E-state index in [0.717, 1.165) is 46.1 Å². The quantitative estimate of drug-likeness (QED) is 0.624. The first-order valence-electron chi connectivity index (χ1n) is 11.4. The van der Waals surface area contributed by atoms with Crippen molar-refractivity contribution in [3.8, 4) is 0 Å². The molecule has 1 aliphatic carbocycles. The lowest BCUT2D eigenvalue weighted by Crippen LogP contribution is -2.50. The molecule has 2 aliphatic rings. The van der Waals surface area contributed by atoms with Crippen molar-refractivity contribution in [1.29, 1.82) is 0 Å². The van der Waals surface area contributed by atoms with Crippen LogP contribution in [-0.2, 0) is 11.2 Å². The lowest BCUT2D eigenvalue weighted by Gasteiger charge is -2.35. The fourth-order valence-corrected chi connectivity index (χ4v) is 4.81. The predicted octanol–water partition coefficient (Wildman–Crippen LogP) is 4.42. The highest BCUT2D eigenvalue weighted by Crippen LogP contribution is 2.38. The monoisotopic (exact) mass is 425 g/mol. The third-order valence-corrected chi connectivity index (χ3v) is 6.52. The molecule has 2 amide bonds. The first-order valence-corrected chi connectivity index (χ1v) is 11.4. The van der Waals surface area contributed by atoms with Crippen LogP contribution in [0.3, 0.4) is 0 Å². The summed E-state index contributed by atoms with van der Waals surface area (Å²) >= 11 is 0. The average molecular weight is 426 g/mol. The number of amides is 2. The lowest BCUT2D eigenvalue weighted by atomic mass is 9.99. The Bertz CT molecular complexity index is 1210. The SMILES string of the molecule is CCC(=O)N1CCN(C(=O)c2c3c(nc4ccccc24)/C(=C\c2ccccc2)CC3)CC1. The minimum atomic E-state index is 0.0596. The van der Waals surface area contributed by atoms with Gasteiger partial charge >= 0.3 is 0 Å². The van der Waals surface area contributed by atoms with Gasteiger partial charge in [0.2, 0.25) is 5.91 Å². The molecular formula is C27H27N3O2. The van der Waals surface area contributed by atoms with E-state index in [-0.39, 0.29) is 11.8 Å². The van der Waals surface area contributed by atoms with Crippen LogP contribution in [-0.4, -0.2) is 52.8 Å². The largest absolute Gasteiger partial charge is 0.339 e. The molecule has 1 aliphatic heterocycles. The molecule has 1 aromatic heterocycles. The van der Waals surface area contributed by atoms with Gasteiger partial charge in [0.25, 0.3) is 5.91 Å². The Kier molecular flexibility index (Phi) is 5.48. The van der Waals surface area contributed by atoms with E-state index in [9.17, 15) is 9.59 Å². The maximum atomic E-state index is 13.8. The second-order valence-corrected chi connectivity index (χ2v) is 8.44. The van der Waals surface area contributed by atoms with E-state index in [1.54, 1.807) is 0 Å². The summed E-state index contributed by atoms with van der Waals surface area (Å²) in [4.78, 5) is 34.5. The molecular weight excluding hydrogens is 398 g/mol. The normalized spacial score (nSPS) is 17.1. The zero-order valence-electron chi connectivity index (χ0n) is 18.4. The third kappa shape index (κ3) is 3.68. The highest BCUT2D eigenvalue weighted by molar-refractivity contribution is 6.09. The molecule has 32 heavy (non-hydrogen) atoms. The molecule has 1 saturated heterocycles. The number of pyridine rings is 1. The summed E-state index contributed by atoms with van der Waals surface area (Å²) in [6, 6.07) is 18.2. The van der Waals surface area contributed by atoms with Gasteiger partial charge in [0.1, 0.15) is 0 Å². The smallest absolute Gasteiger partial charge is 0.255 e. The minimum absolute atomic E-state index is 0.0596. The van der Waals surface area contributed by atoms with Crippen molar-refractivity contribution in [2.45, 2.75) is 26.2 Å². The molecule has 1 fully saturated rings. The van der Waals surface area contributed by atoms with E-state index < -0.39 is 0 Å². The van der Waals surface area contributed by atoms with Gasteiger partial charge in [-0.25, -0.2) is 4.98 Å². The Morgan fingerprint density at radius 3 is 2.34 bits per heavy atom. The summed E-state index contributed by atoms with van der Waals surface area (Å²) in [7, 11) is 0. The molecule has 0 unspecified atom stereocenters. The van der Waals surface area contributed by atoms with Crippen LogP contribution in [0.5, 0.6) is 0 Å². The number of piperazine rings is 1. The van der Waals surface area contributed by atoms with Crippen LogP contribution >= 0.6 is 0 Å². The maximum absolute atomic E-state index is 13.8. The van der Waals surface area contributed by atoms with Crippen molar-refractivity contribution in [3.63, 3.8) is 0 Å². The fourth-order valence-electron chi connectivity index (χ4n) is 4.81. The zero-order chi connectivity index (χ0) is 22.1. The Labute approximate surface area is 188 Å². The van der Waals surface area contributed by atoms with Crippen LogP contribution < -0.4 is 0 Å². The summed E-state index contributed by atoms with van der Waals surface area (Å²) in [5.74, 6) is 0.215. The average Bonchev–Trinajstić information content (AvgIpc) is 3.24. The molecule has 0 N–H and O–H groups in total. The second-order valence-electron chi connectivity index (χ2n) is 8.44. The summed E-state index contributed by atoms with van der Waals surface area (Å²) in [5.41, 5.74) is 5.99. The molecule has 0 bridgehead atoms. The van der Waals surface area contributed by atoms with E-state index in [0.29, 0.717) is 32.6 Å². The van der Waals surface area contributed by atoms with Gasteiger partial charge in [0, 0.05) is 38.0 Å². The fraction of sp³-hybridized carbons (Fsp3) is 0.296. The van der Waals surface area contributed by atoms with Gasteiger partial charge in [-0.3, -0.25) is 9.59 Å². The van der Waals surface area contributed by atoms with Crippen molar-refractivity contribution in [3.05, 3.63) is 77.0 Å². The van der Waals surface area contributed by atoms with Gasteiger partial charge in [-0.1, -0.05) is 55.5 Å². The molecule has 5 heteroatoms. The number of nitrogens with zero attached hydrogens (tertiary/aromatic N) is 3. The van der Waals surface area contributed by atoms with Crippen molar-refractivity contribution >= 4 is 34.4 Å². The molecule has 2 heterocycles. The number of carbonyl (C=O) groups is 2. The number of benzene rings is 2. The molecule has 162 valence electrons. The molecule has 0 radical (unpaired) electrons. The number of allylic oxidation sites excluding steroid dienone is 1. The number of aromatic nitrogens is 1. The Hall–Kier alpha value is -3.47. The van der Waals surface area contributed by atoms with E-state index >= 15 is 0 Å². The van der Waals surface area contributed by atoms with Crippen LogP contribution in [0.2, 0.25) is 0 Å². The Balaban J connectivity index is 1.53. The highest BCUT2D eigenvalue weighted by Gasteiger charge is 2.31. The van der Waals surface area contributed by atoms with Crippen molar-refractivity contribution in [2.24, 2.45) is 0 Å². The van der Waals surface area contributed by atoms with Crippen LogP contribution in [0.15, 0.2) is 54.6 Å². The number of para-hydroxylation sites is 1. The number of carbonyl (C=O) groups excluding carboxylic acids is 2. The Morgan fingerprint density at radius 1 is 0.906 bits per heavy atom. The third-order valence-electron chi connectivity index (χ3n) is 6.52. The molecule has 5 rings (SSSR count). The van der Waals surface area contributed by atoms with Gasteiger partial charge in [-0.05, 0) is 41.7 Å². The number of rotatable bonds is 3. The van der Waals surface area contributed by atoms with Crippen molar-refractivity contribution in [2.75, 3.05) is 26.2 Å². The van der Waals surface area contributed by atoms with Crippen molar-refractivity contribution in [1.82, 2.24) is 14.8 Å². The molecule has 5 nitrogen and oxygen atoms in total. The van der Waals surface area contributed by atoms with Crippen LogP contribution in [0.1, 0.15) is 46.9 Å². The maximum Gasteiger partial charge on any atom is 0.255 e. The summed E-state index contributed by atoms with van der Waals surface area (Å²) in [5, 5.41) is 0.921. The predicted molar refractivity (Wildman–Crippen MR) is 127 cm³/mol. The topological polar surface area (TPSA) is 53.5 Å². The first kappa shape index (κ1) is 20.4.